The third kappa shape index (κ3) is 2.41. The zero-order chi connectivity index (χ0) is 15.9. The van der Waals surface area contributed by atoms with Gasteiger partial charge in [0.1, 0.15) is 5.82 Å². The Hall–Kier alpha value is -1.01. The Kier molecular flexibility index (Phi) is 3.92. The molecule has 1 aliphatic carbocycles. The van der Waals surface area contributed by atoms with Crippen molar-refractivity contribution in [2.24, 2.45) is 5.92 Å². The molecule has 5 heteroatoms. The Balaban J connectivity index is 1.71. The van der Waals surface area contributed by atoms with Gasteiger partial charge in [0.15, 0.2) is 11.9 Å². The predicted molar refractivity (Wildman–Crippen MR) is 80.7 cm³/mol. The first-order valence-corrected chi connectivity index (χ1v) is 8.52. The molecular weight excluding hydrogens is 299 g/mol. The third-order valence-electron chi connectivity index (χ3n) is 5.65. The zero-order valence-electron chi connectivity index (χ0n) is 13.4. The number of hydrogen-bond acceptors (Lipinski definition) is 4. The molecule has 0 amide bonds. The maximum atomic E-state index is 13.3. The van der Waals surface area contributed by atoms with Crippen molar-refractivity contribution in [3.63, 3.8) is 0 Å². The van der Waals surface area contributed by atoms with Crippen molar-refractivity contribution in [2.45, 2.75) is 62.6 Å². The van der Waals surface area contributed by atoms with E-state index < -0.39 is 17.7 Å². The van der Waals surface area contributed by atoms with Gasteiger partial charge in [-0.15, -0.1) is 0 Å². The summed E-state index contributed by atoms with van der Waals surface area (Å²) in [6.07, 6.45) is 6.59. The molecule has 3 aliphatic heterocycles. The van der Waals surface area contributed by atoms with Crippen LogP contribution < -0.4 is 0 Å². The quantitative estimate of drug-likeness (QED) is 0.770. The second kappa shape index (κ2) is 5.81. The van der Waals surface area contributed by atoms with Gasteiger partial charge in [-0.3, -0.25) is 0 Å². The lowest BCUT2D eigenvalue weighted by Crippen LogP contribution is -2.63. The average molecular weight is 322 g/mol. The number of benzene rings is 1. The van der Waals surface area contributed by atoms with Crippen LogP contribution >= 0.6 is 0 Å². The number of ether oxygens (including phenoxy) is 2. The minimum Gasteiger partial charge on any atom is -0.353 e. The van der Waals surface area contributed by atoms with E-state index >= 15 is 0 Å². The van der Waals surface area contributed by atoms with Gasteiger partial charge < -0.3 is 9.47 Å². The molecule has 126 valence electrons. The minimum atomic E-state index is -1.01. The van der Waals surface area contributed by atoms with Crippen molar-refractivity contribution in [3.8, 4) is 0 Å². The Labute approximate surface area is 135 Å². The van der Waals surface area contributed by atoms with E-state index in [1.165, 1.54) is 18.6 Å². The largest absolute Gasteiger partial charge is 0.353 e. The Bertz CT molecular complexity index is 563. The standard InChI is InChI=1S/C18H23FO4/c1-20-16-17-11-3-2-5-13(17)6-4-12-18(21-16,23-22-17)14-7-9-15(19)10-8-14/h7-10,13,16H,2-6,11-12H2,1H3/t13-,16+,17+,18+/m1/s1. The van der Waals surface area contributed by atoms with Gasteiger partial charge in [-0.25, -0.2) is 9.28 Å². The van der Waals surface area contributed by atoms with Crippen molar-refractivity contribution < 1.29 is 23.6 Å². The Morgan fingerprint density at radius 3 is 2.61 bits per heavy atom. The lowest BCUT2D eigenvalue weighted by atomic mass is 9.71. The monoisotopic (exact) mass is 322 g/mol. The fourth-order valence-corrected chi connectivity index (χ4v) is 4.42. The van der Waals surface area contributed by atoms with Crippen LogP contribution in [0.2, 0.25) is 0 Å². The lowest BCUT2D eigenvalue weighted by molar-refractivity contribution is -0.573. The smallest absolute Gasteiger partial charge is 0.230 e. The molecule has 4 fully saturated rings. The van der Waals surface area contributed by atoms with Gasteiger partial charge in [0.2, 0.25) is 5.79 Å². The normalized spacial score (nSPS) is 40.3. The van der Waals surface area contributed by atoms with Gasteiger partial charge >= 0.3 is 0 Å². The fraction of sp³-hybridized carbons (Fsp3) is 0.667. The molecule has 1 spiro atoms. The van der Waals surface area contributed by atoms with Crippen LogP contribution in [0.5, 0.6) is 0 Å². The van der Waals surface area contributed by atoms with E-state index in [-0.39, 0.29) is 5.82 Å². The average Bonchev–Trinajstić information content (AvgIpc) is 2.56. The van der Waals surface area contributed by atoms with E-state index in [0.717, 1.165) is 37.7 Å². The maximum absolute atomic E-state index is 13.3. The summed E-state index contributed by atoms with van der Waals surface area (Å²) in [5, 5.41) is 0. The number of methoxy groups -OCH3 is 1. The molecular formula is C18H23FO4. The Morgan fingerprint density at radius 1 is 1.04 bits per heavy atom. The molecule has 0 radical (unpaired) electrons. The summed E-state index contributed by atoms with van der Waals surface area (Å²) >= 11 is 0. The SMILES string of the molecule is CO[C@H]1O[C@@]2(c3ccc(F)cc3)CCC[C@H]3CCCC[C@]31OO2. The van der Waals surface area contributed by atoms with Gasteiger partial charge in [-0.2, -0.15) is 4.89 Å². The Morgan fingerprint density at radius 2 is 1.83 bits per heavy atom. The van der Waals surface area contributed by atoms with E-state index in [4.69, 9.17) is 19.2 Å². The summed E-state index contributed by atoms with van der Waals surface area (Å²) in [7, 11) is 1.66. The summed E-state index contributed by atoms with van der Waals surface area (Å²) in [5.74, 6) is -0.894. The number of fused-ring (bicyclic) bond motifs is 4. The molecule has 1 aromatic carbocycles. The highest BCUT2D eigenvalue weighted by atomic mass is 19.1. The van der Waals surface area contributed by atoms with Crippen LogP contribution in [-0.2, 0) is 25.0 Å². The second-order valence-electron chi connectivity index (χ2n) is 6.90. The van der Waals surface area contributed by atoms with Crippen molar-refractivity contribution in [2.75, 3.05) is 7.11 Å². The van der Waals surface area contributed by atoms with E-state index in [1.807, 2.05) is 0 Å². The van der Waals surface area contributed by atoms with Crippen LogP contribution in [0.25, 0.3) is 0 Å². The van der Waals surface area contributed by atoms with Gasteiger partial charge in [-0.1, -0.05) is 25.0 Å². The number of halogens is 1. The van der Waals surface area contributed by atoms with Gasteiger partial charge in [0.25, 0.3) is 0 Å². The summed E-state index contributed by atoms with van der Waals surface area (Å²) in [6, 6.07) is 6.24. The molecule has 4 nitrogen and oxygen atoms in total. The number of rotatable bonds is 2. The van der Waals surface area contributed by atoms with E-state index in [0.29, 0.717) is 12.3 Å². The molecule has 3 saturated heterocycles. The predicted octanol–water partition coefficient (Wildman–Crippen LogP) is 4.04. The first kappa shape index (κ1) is 15.5. The summed E-state index contributed by atoms with van der Waals surface area (Å²) in [6.45, 7) is 0. The van der Waals surface area contributed by atoms with Crippen LogP contribution in [0, 0.1) is 11.7 Å². The first-order chi connectivity index (χ1) is 11.2. The highest BCUT2D eigenvalue weighted by Crippen LogP contribution is 2.53. The molecule has 0 unspecified atom stereocenters. The van der Waals surface area contributed by atoms with E-state index in [1.54, 1.807) is 19.2 Å². The molecule has 4 aliphatic rings. The summed E-state index contributed by atoms with van der Waals surface area (Å²) < 4.78 is 25.3. The molecule has 1 aromatic rings. The molecule has 2 bridgehead atoms. The van der Waals surface area contributed by atoms with Crippen molar-refractivity contribution in [1.82, 2.24) is 0 Å². The van der Waals surface area contributed by atoms with E-state index in [9.17, 15) is 4.39 Å². The lowest BCUT2D eigenvalue weighted by Gasteiger charge is -2.55. The van der Waals surface area contributed by atoms with Crippen LogP contribution in [0.15, 0.2) is 24.3 Å². The van der Waals surface area contributed by atoms with Crippen LogP contribution in [0.3, 0.4) is 0 Å². The fourth-order valence-electron chi connectivity index (χ4n) is 4.42. The van der Waals surface area contributed by atoms with Gasteiger partial charge in [0, 0.05) is 19.1 Å². The number of hydrogen-bond donors (Lipinski definition) is 0. The summed E-state index contributed by atoms with van der Waals surface area (Å²) in [4.78, 5) is 11.9. The van der Waals surface area contributed by atoms with Crippen LogP contribution in [0.1, 0.15) is 50.5 Å². The molecule has 5 rings (SSSR count). The maximum Gasteiger partial charge on any atom is 0.230 e. The zero-order valence-corrected chi connectivity index (χ0v) is 13.4. The van der Waals surface area contributed by atoms with Gasteiger partial charge in [-0.05, 0) is 43.7 Å². The molecule has 3 heterocycles. The van der Waals surface area contributed by atoms with Crippen molar-refractivity contribution in [3.05, 3.63) is 35.6 Å². The first-order valence-electron chi connectivity index (χ1n) is 8.52. The minimum absolute atomic E-state index is 0.278. The summed E-state index contributed by atoms with van der Waals surface area (Å²) in [5.41, 5.74) is 0.252. The van der Waals surface area contributed by atoms with Crippen molar-refractivity contribution in [1.29, 1.82) is 0 Å². The van der Waals surface area contributed by atoms with Crippen molar-refractivity contribution >= 4 is 0 Å². The van der Waals surface area contributed by atoms with Crippen LogP contribution in [-0.4, -0.2) is 19.0 Å². The second-order valence-corrected chi connectivity index (χ2v) is 6.90. The molecule has 1 saturated carbocycles. The molecule has 4 atom stereocenters. The van der Waals surface area contributed by atoms with E-state index in [2.05, 4.69) is 0 Å². The van der Waals surface area contributed by atoms with Crippen LogP contribution in [0.4, 0.5) is 4.39 Å². The third-order valence-corrected chi connectivity index (χ3v) is 5.65. The highest BCUT2D eigenvalue weighted by molar-refractivity contribution is 5.22. The molecule has 0 N–H and O–H groups in total. The molecule has 0 aromatic heterocycles. The highest BCUT2D eigenvalue weighted by Gasteiger charge is 2.59. The van der Waals surface area contributed by atoms with Gasteiger partial charge in [0.05, 0.1) is 0 Å². The topological polar surface area (TPSA) is 36.9 Å². The molecule has 23 heavy (non-hydrogen) atoms.